The number of rotatable bonds is 7. The van der Waals surface area contributed by atoms with Crippen LogP contribution in [0.1, 0.15) is 28.7 Å². The van der Waals surface area contributed by atoms with Crippen molar-refractivity contribution in [1.82, 2.24) is 15.3 Å². The molecule has 0 aliphatic carbocycles. The molecular weight excluding hydrogens is 496 g/mol. The van der Waals surface area contributed by atoms with E-state index in [1.807, 2.05) is 91.4 Å². The molecule has 4 aromatic rings. The van der Waals surface area contributed by atoms with Crippen molar-refractivity contribution in [2.24, 2.45) is 0 Å². The van der Waals surface area contributed by atoms with Crippen LogP contribution >= 0.6 is 27.7 Å². The Kier molecular flexibility index (Phi) is 7.75. The lowest BCUT2D eigenvalue weighted by atomic mass is 9.83. The van der Waals surface area contributed by atoms with Gasteiger partial charge in [-0.05, 0) is 71.5 Å². The average molecular weight is 519 g/mol. The number of thioether (sulfide) groups is 1. The average Bonchev–Trinajstić information content (AvgIpc) is 2.85. The summed E-state index contributed by atoms with van der Waals surface area (Å²) in [6.07, 6.45) is 9.19. The van der Waals surface area contributed by atoms with E-state index in [0.717, 1.165) is 31.7 Å². The third-order valence-corrected chi connectivity index (χ3v) is 6.50. The molecule has 0 saturated heterocycles. The zero-order valence-corrected chi connectivity index (χ0v) is 20.4. The predicted octanol–water partition coefficient (Wildman–Crippen LogP) is 6.66. The fourth-order valence-electron chi connectivity index (χ4n) is 3.74. The van der Waals surface area contributed by atoms with Gasteiger partial charge in [-0.15, -0.1) is 11.8 Å². The number of carbonyl (C=O) groups is 1. The van der Waals surface area contributed by atoms with Gasteiger partial charge in [-0.25, -0.2) is 4.79 Å². The molecule has 2 heterocycles. The Labute approximate surface area is 206 Å². The van der Waals surface area contributed by atoms with Crippen molar-refractivity contribution in [1.29, 1.82) is 0 Å². The van der Waals surface area contributed by atoms with E-state index in [1.54, 1.807) is 24.2 Å². The maximum atomic E-state index is 13.1. The minimum Gasteiger partial charge on any atom is -0.330 e. The van der Waals surface area contributed by atoms with Crippen LogP contribution in [-0.4, -0.2) is 22.3 Å². The minimum atomic E-state index is -0.360. The summed E-state index contributed by atoms with van der Waals surface area (Å²) < 4.78 is 0.941. The van der Waals surface area contributed by atoms with Crippen molar-refractivity contribution in [3.63, 3.8) is 0 Å². The molecule has 0 aliphatic rings. The Morgan fingerprint density at radius 3 is 2.06 bits per heavy atom. The van der Waals surface area contributed by atoms with E-state index in [0.29, 0.717) is 0 Å². The number of benzene rings is 2. The summed E-state index contributed by atoms with van der Waals surface area (Å²) in [4.78, 5) is 22.9. The van der Waals surface area contributed by atoms with Crippen LogP contribution in [0.2, 0.25) is 0 Å². The number of halogens is 1. The van der Waals surface area contributed by atoms with Gasteiger partial charge in [0.2, 0.25) is 0 Å². The normalized spacial score (nSPS) is 11.7. The summed E-state index contributed by atoms with van der Waals surface area (Å²) in [7, 11) is 0. The number of anilines is 1. The van der Waals surface area contributed by atoms with Crippen molar-refractivity contribution < 1.29 is 4.79 Å². The van der Waals surface area contributed by atoms with Gasteiger partial charge in [0.15, 0.2) is 0 Å². The summed E-state index contributed by atoms with van der Waals surface area (Å²) in [6, 6.07) is 23.0. The number of urea groups is 1. The van der Waals surface area contributed by atoms with Crippen LogP contribution < -0.4 is 10.6 Å². The highest BCUT2D eigenvalue weighted by atomic mass is 79.9. The van der Waals surface area contributed by atoms with Crippen molar-refractivity contribution in [3.8, 4) is 0 Å². The second-order valence-corrected chi connectivity index (χ2v) is 9.21. The quantitative estimate of drug-likeness (QED) is 0.268. The summed E-state index contributed by atoms with van der Waals surface area (Å²) in [5.74, 6) is -0.189. The molecule has 2 aromatic heterocycles. The highest BCUT2D eigenvalue weighted by Crippen LogP contribution is 2.37. The molecule has 0 bridgehead atoms. The number of aromatic nitrogens is 2. The summed E-state index contributed by atoms with van der Waals surface area (Å²) in [5.41, 5.74) is 3.67. The van der Waals surface area contributed by atoms with E-state index in [9.17, 15) is 4.79 Å². The lowest BCUT2D eigenvalue weighted by Gasteiger charge is -2.29. The first-order chi connectivity index (χ1) is 16.1. The first-order valence-electron chi connectivity index (χ1n) is 10.4. The Morgan fingerprint density at radius 1 is 0.879 bits per heavy atom. The third kappa shape index (κ3) is 6.00. The van der Waals surface area contributed by atoms with Gasteiger partial charge in [-0.1, -0.05) is 40.2 Å². The Balaban J connectivity index is 1.70. The molecule has 0 fully saturated rings. The van der Waals surface area contributed by atoms with Crippen molar-refractivity contribution in [2.75, 3.05) is 11.6 Å². The van der Waals surface area contributed by atoms with Crippen molar-refractivity contribution in [3.05, 3.63) is 119 Å². The zero-order chi connectivity index (χ0) is 23.0. The van der Waals surface area contributed by atoms with Gasteiger partial charge < -0.3 is 10.6 Å². The van der Waals surface area contributed by atoms with E-state index in [2.05, 4.69) is 36.5 Å². The van der Waals surface area contributed by atoms with E-state index in [-0.39, 0.29) is 18.0 Å². The highest BCUT2D eigenvalue weighted by Gasteiger charge is 2.29. The van der Waals surface area contributed by atoms with E-state index in [4.69, 9.17) is 0 Å². The molecule has 166 valence electrons. The molecule has 2 aromatic carbocycles. The number of nitrogens with one attached hydrogen (secondary N) is 2. The lowest BCUT2D eigenvalue weighted by molar-refractivity contribution is 0.247. The number of pyridine rings is 2. The van der Waals surface area contributed by atoms with Gasteiger partial charge in [-0.2, -0.15) is 0 Å². The largest absolute Gasteiger partial charge is 0.330 e. The molecule has 0 saturated carbocycles. The van der Waals surface area contributed by atoms with Gasteiger partial charge in [0.1, 0.15) is 0 Å². The molecule has 1 atom stereocenters. The second kappa shape index (κ2) is 11.1. The fraction of sp³-hybridized carbons (Fsp3) is 0.115. The number of amides is 2. The maximum Gasteiger partial charge on any atom is 0.319 e. The van der Waals surface area contributed by atoms with E-state index >= 15 is 0 Å². The van der Waals surface area contributed by atoms with Crippen LogP contribution in [0.4, 0.5) is 10.5 Å². The molecule has 0 spiro atoms. The van der Waals surface area contributed by atoms with Crippen LogP contribution in [0.5, 0.6) is 0 Å². The van der Waals surface area contributed by atoms with Crippen molar-refractivity contribution in [2.45, 2.75) is 16.9 Å². The van der Waals surface area contributed by atoms with Crippen LogP contribution in [0.15, 0.2) is 107 Å². The minimum absolute atomic E-state index is 0.189. The number of nitrogens with zero attached hydrogens (tertiary/aromatic N) is 2. The Hall–Kier alpha value is -3.16. The standard InChI is InChI=1S/C26H23BrN4OS/c1-33-23-11-9-22(10-12-23)30-26(32)31-25(18-5-2-8-21(27)15-18)24(19-6-3-13-28-16-19)20-7-4-14-29-17-20/h2-17,24-25H,1H3,(H2,30,31,32). The van der Waals surface area contributed by atoms with Gasteiger partial charge in [0, 0.05) is 45.8 Å². The van der Waals surface area contributed by atoms with Gasteiger partial charge >= 0.3 is 6.03 Å². The van der Waals surface area contributed by atoms with Crippen LogP contribution in [0.25, 0.3) is 0 Å². The molecule has 1 unspecified atom stereocenters. The number of carbonyl (C=O) groups excluding carboxylic acids is 1. The van der Waals surface area contributed by atoms with Crippen LogP contribution in [-0.2, 0) is 0 Å². The number of hydrogen-bond acceptors (Lipinski definition) is 4. The molecular formula is C26H23BrN4OS. The second-order valence-electron chi connectivity index (χ2n) is 7.41. The summed E-state index contributed by atoms with van der Waals surface area (Å²) in [6.45, 7) is 0. The lowest BCUT2D eigenvalue weighted by Crippen LogP contribution is -2.36. The van der Waals surface area contributed by atoms with Crippen molar-refractivity contribution >= 4 is 39.4 Å². The topological polar surface area (TPSA) is 66.9 Å². The van der Waals surface area contributed by atoms with Gasteiger partial charge in [0.25, 0.3) is 0 Å². The molecule has 2 N–H and O–H groups in total. The molecule has 0 aliphatic heterocycles. The van der Waals surface area contributed by atoms with E-state index in [1.165, 1.54) is 0 Å². The smallest absolute Gasteiger partial charge is 0.319 e. The molecule has 7 heteroatoms. The number of hydrogen-bond donors (Lipinski definition) is 2. The van der Waals surface area contributed by atoms with Crippen LogP contribution in [0, 0.1) is 0 Å². The molecule has 33 heavy (non-hydrogen) atoms. The first-order valence-corrected chi connectivity index (χ1v) is 12.4. The third-order valence-electron chi connectivity index (χ3n) is 5.26. The Bertz CT molecular complexity index is 1150. The van der Waals surface area contributed by atoms with Gasteiger partial charge in [0.05, 0.1) is 6.04 Å². The fourth-order valence-corrected chi connectivity index (χ4v) is 4.56. The molecule has 0 radical (unpaired) electrons. The maximum absolute atomic E-state index is 13.1. The summed E-state index contributed by atoms with van der Waals surface area (Å²) >= 11 is 5.23. The monoisotopic (exact) mass is 518 g/mol. The summed E-state index contributed by atoms with van der Waals surface area (Å²) in [5, 5.41) is 6.17. The molecule has 2 amide bonds. The van der Waals surface area contributed by atoms with E-state index < -0.39 is 0 Å². The highest BCUT2D eigenvalue weighted by molar-refractivity contribution is 9.10. The molecule has 5 nitrogen and oxygen atoms in total. The van der Waals surface area contributed by atoms with Gasteiger partial charge in [-0.3, -0.25) is 9.97 Å². The van der Waals surface area contributed by atoms with Crippen LogP contribution in [0.3, 0.4) is 0 Å². The molecule has 4 rings (SSSR count). The SMILES string of the molecule is CSc1ccc(NC(=O)NC(c2cccc(Br)c2)C(c2cccnc2)c2cccnc2)cc1. The predicted molar refractivity (Wildman–Crippen MR) is 138 cm³/mol. The Morgan fingerprint density at radius 2 is 1.52 bits per heavy atom. The first kappa shape index (κ1) is 23.0. The zero-order valence-electron chi connectivity index (χ0n) is 18.0.